The molecule has 0 fully saturated rings. The first-order chi connectivity index (χ1) is 5.81. The number of benzene rings is 1. The number of rotatable bonds is 1. The van der Waals surface area contributed by atoms with Gasteiger partial charge in [0.05, 0.1) is 12.6 Å². The van der Waals surface area contributed by atoms with Crippen LogP contribution in [0.5, 0.6) is 0 Å². The highest BCUT2D eigenvalue weighted by atomic mass is 79.9. The number of hydrogen-bond donors (Lipinski definition) is 2. The Balaban J connectivity index is 2.40. The quantitative estimate of drug-likeness (QED) is 0.764. The zero-order valence-corrected chi connectivity index (χ0v) is 8.13. The van der Waals surface area contributed by atoms with Crippen LogP contribution in [0.2, 0.25) is 0 Å². The molecule has 3 heteroatoms. The molecule has 0 unspecified atom stereocenters. The highest BCUT2D eigenvalue weighted by Crippen LogP contribution is 2.27. The van der Waals surface area contributed by atoms with Gasteiger partial charge < -0.3 is 10.4 Å². The van der Waals surface area contributed by atoms with Crippen molar-refractivity contribution in [3.63, 3.8) is 0 Å². The molecule has 2 N–H and O–H groups in total. The van der Waals surface area contributed by atoms with Gasteiger partial charge in [-0.2, -0.15) is 0 Å². The smallest absolute Gasteiger partial charge is 0.0626 e. The van der Waals surface area contributed by atoms with Crippen LogP contribution in [-0.2, 0) is 6.54 Å². The molecule has 0 amide bonds. The van der Waals surface area contributed by atoms with Crippen LogP contribution in [0, 0.1) is 0 Å². The van der Waals surface area contributed by atoms with Crippen molar-refractivity contribution < 1.29 is 5.11 Å². The van der Waals surface area contributed by atoms with Crippen molar-refractivity contribution in [1.29, 1.82) is 0 Å². The average molecular weight is 228 g/mol. The van der Waals surface area contributed by atoms with Crippen LogP contribution in [0.1, 0.15) is 17.2 Å². The van der Waals surface area contributed by atoms with Crippen LogP contribution in [0.15, 0.2) is 22.7 Å². The van der Waals surface area contributed by atoms with Gasteiger partial charge in [-0.25, -0.2) is 0 Å². The van der Waals surface area contributed by atoms with E-state index in [1.165, 1.54) is 11.1 Å². The molecule has 0 bridgehead atoms. The summed E-state index contributed by atoms with van der Waals surface area (Å²) in [5.41, 5.74) is 2.50. The number of hydrogen-bond acceptors (Lipinski definition) is 2. The van der Waals surface area contributed by atoms with E-state index >= 15 is 0 Å². The fourth-order valence-electron chi connectivity index (χ4n) is 1.57. The normalized spacial score (nSPS) is 21.0. The molecule has 0 spiro atoms. The van der Waals surface area contributed by atoms with Crippen LogP contribution in [-0.4, -0.2) is 11.7 Å². The number of aliphatic hydroxyl groups excluding tert-OH is 1. The molecule has 1 aromatic rings. The summed E-state index contributed by atoms with van der Waals surface area (Å²) in [5, 5.41) is 12.2. The van der Waals surface area contributed by atoms with Gasteiger partial charge in [0.2, 0.25) is 0 Å². The zero-order chi connectivity index (χ0) is 8.55. The molecule has 0 radical (unpaired) electrons. The molecule has 0 aliphatic carbocycles. The number of fused-ring (bicyclic) bond motifs is 1. The van der Waals surface area contributed by atoms with E-state index in [1.807, 2.05) is 6.07 Å². The van der Waals surface area contributed by atoms with Gasteiger partial charge >= 0.3 is 0 Å². The van der Waals surface area contributed by atoms with Gasteiger partial charge in [-0.15, -0.1) is 0 Å². The number of aliphatic hydroxyl groups is 1. The number of halogens is 1. The predicted octanol–water partition coefficient (Wildman–Crippen LogP) is 1.59. The third-order valence-corrected chi connectivity index (χ3v) is 2.70. The SMILES string of the molecule is OC[C@H]1NCc2cc(Br)ccc21. The second kappa shape index (κ2) is 3.17. The van der Waals surface area contributed by atoms with Crippen molar-refractivity contribution in [2.75, 3.05) is 6.61 Å². The minimum absolute atomic E-state index is 0.132. The topological polar surface area (TPSA) is 32.3 Å². The molecule has 1 heterocycles. The summed E-state index contributed by atoms with van der Waals surface area (Å²) in [5.74, 6) is 0. The van der Waals surface area contributed by atoms with E-state index in [2.05, 4.69) is 33.4 Å². The summed E-state index contributed by atoms with van der Waals surface area (Å²) in [7, 11) is 0. The lowest BCUT2D eigenvalue weighted by molar-refractivity contribution is 0.251. The maximum absolute atomic E-state index is 9.01. The van der Waals surface area contributed by atoms with Crippen LogP contribution in [0.3, 0.4) is 0 Å². The van der Waals surface area contributed by atoms with E-state index < -0.39 is 0 Å². The molecule has 0 saturated heterocycles. The van der Waals surface area contributed by atoms with Crippen molar-refractivity contribution in [2.45, 2.75) is 12.6 Å². The summed E-state index contributed by atoms with van der Waals surface area (Å²) >= 11 is 3.42. The lowest BCUT2D eigenvalue weighted by Crippen LogP contribution is -2.15. The van der Waals surface area contributed by atoms with Gasteiger partial charge in [0, 0.05) is 11.0 Å². The largest absolute Gasteiger partial charge is 0.394 e. The van der Waals surface area contributed by atoms with Crippen LogP contribution < -0.4 is 5.32 Å². The maximum Gasteiger partial charge on any atom is 0.0626 e. The van der Waals surface area contributed by atoms with E-state index in [0.717, 1.165) is 11.0 Å². The first kappa shape index (κ1) is 8.23. The average Bonchev–Trinajstić information content (AvgIpc) is 2.46. The van der Waals surface area contributed by atoms with Gasteiger partial charge in [0.1, 0.15) is 0 Å². The molecule has 1 aromatic carbocycles. The Morgan fingerprint density at radius 2 is 2.42 bits per heavy atom. The Morgan fingerprint density at radius 3 is 3.17 bits per heavy atom. The Hall–Kier alpha value is -0.380. The third kappa shape index (κ3) is 1.28. The van der Waals surface area contributed by atoms with Crippen LogP contribution in [0.4, 0.5) is 0 Å². The first-order valence-corrected chi connectivity index (χ1v) is 4.73. The summed E-state index contributed by atoms with van der Waals surface area (Å²) in [6, 6.07) is 6.29. The molecule has 2 nitrogen and oxygen atoms in total. The lowest BCUT2D eigenvalue weighted by Gasteiger charge is -2.06. The molecule has 12 heavy (non-hydrogen) atoms. The first-order valence-electron chi connectivity index (χ1n) is 3.94. The van der Waals surface area contributed by atoms with E-state index in [0.29, 0.717) is 0 Å². The second-order valence-electron chi connectivity index (χ2n) is 2.96. The van der Waals surface area contributed by atoms with Gasteiger partial charge in [0.25, 0.3) is 0 Å². The minimum atomic E-state index is 0.132. The Bertz CT molecular complexity index is 301. The van der Waals surface area contributed by atoms with Crippen molar-refractivity contribution in [1.82, 2.24) is 5.32 Å². The summed E-state index contributed by atoms with van der Waals surface area (Å²) in [4.78, 5) is 0. The van der Waals surface area contributed by atoms with Gasteiger partial charge in [-0.05, 0) is 23.3 Å². The third-order valence-electron chi connectivity index (χ3n) is 2.20. The molecular weight excluding hydrogens is 218 g/mol. The molecule has 0 aromatic heterocycles. The van der Waals surface area contributed by atoms with Crippen molar-refractivity contribution >= 4 is 15.9 Å². The highest BCUT2D eigenvalue weighted by Gasteiger charge is 2.20. The maximum atomic E-state index is 9.01. The van der Waals surface area contributed by atoms with Crippen LogP contribution >= 0.6 is 15.9 Å². The lowest BCUT2D eigenvalue weighted by atomic mass is 10.1. The molecule has 1 atom stereocenters. The summed E-state index contributed by atoms with van der Waals surface area (Å²) in [6.45, 7) is 1.04. The Morgan fingerprint density at radius 1 is 1.58 bits per heavy atom. The van der Waals surface area contributed by atoms with Gasteiger partial charge in [-0.1, -0.05) is 22.0 Å². The van der Waals surface area contributed by atoms with Gasteiger partial charge in [-0.3, -0.25) is 0 Å². The molecule has 1 aliphatic rings. The fourth-order valence-corrected chi connectivity index (χ4v) is 1.98. The molecule has 0 saturated carbocycles. The monoisotopic (exact) mass is 227 g/mol. The van der Waals surface area contributed by atoms with E-state index in [9.17, 15) is 0 Å². The molecule has 1 aliphatic heterocycles. The Kier molecular flexibility index (Phi) is 2.17. The highest BCUT2D eigenvalue weighted by molar-refractivity contribution is 9.10. The van der Waals surface area contributed by atoms with Gasteiger partial charge in [0.15, 0.2) is 0 Å². The van der Waals surface area contributed by atoms with Crippen molar-refractivity contribution in [2.24, 2.45) is 0 Å². The Labute approximate surface area is 79.7 Å². The van der Waals surface area contributed by atoms with Crippen LogP contribution in [0.25, 0.3) is 0 Å². The summed E-state index contributed by atoms with van der Waals surface area (Å²) < 4.78 is 1.10. The predicted molar refractivity (Wildman–Crippen MR) is 50.8 cm³/mol. The molecule has 64 valence electrons. The van der Waals surface area contributed by atoms with Crippen molar-refractivity contribution in [3.8, 4) is 0 Å². The standard InChI is InChI=1S/C9H10BrNO/c10-7-1-2-8-6(3-7)4-11-9(8)5-12/h1-3,9,11-12H,4-5H2/t9-/m1/s1. The van der Waals surface area contributed by atoms with Crippen molar-refractivity contribution in [3.05, 3.63) is 33.8 Å². The fraction of sp³-hybridized carbons (Fsp3) is 0.333. The second-order valence-corrected chi connectivity index (χ2v) is 3.87. The summed E-state index contributed by atoms with van der Waals surface area (Å²) in [6.07, 6.45) is 0. The molecular formula is C9H10BrNO. The van der Waals surface area contributed by atoms with E-state index in [1.54, 1.807) is 0 Å². The molecule has 2 rings (SSSR count). The minimum Gasteiger partial charge on any atom is -0.394 e. The number of nitrogens with one attached hydrogen (secondary N) is 1. The van der Waals surface area contributed by atoms with E-state index in [-0.39, 0.29) is 12.6 Å². The van der Waals surface area contributed by atoms with E-state index in [4.69, 9.17) is 5.11 Å². The zero-order valence-electron chi connectivity index (χ0n) is 6.55.